The molecule has 0 spiro atoms. The highest BCUT2D eigenvalue weighted by Crippen LogP contribution is 2.48. The van der Waals surface area contributed by atoms with Crippen LogP contribution in [0.5, 0.6) is 0 Å². The number of halogens is 1. The molecule has 2 N–H and O–H groups in total. The van der Waals surface area contributed by atoms with Crippen molar-refractivity contribution in [3.63, 3.8) is 0 Å². The molecule has 27 heavy (non-hydrogen) atoms. The Morgan fingerprint density at radius 3 is 2.41 bits per heavy atom. The van der Waals surface area contributed by atoms with E-state index >= 15 is 0 Å². The summed E-state index contributed by atoms with van der Waals surface area (Å²) in [6.45, 7) is 11.0. The van der Waals surface area contributed by atoms with Crippen LogP contribution in [0.15, 0.2) is 35.3 Å². The normalized spacial score (nSPS) is 20.2. The molecule has 1 aromatic carbocycles. The van der Waals surface area contributed by atoms with Crippen LogP contribution in [-0.4, -0.2) is 49.1 Å². The second-order valence-corrected chi connectivity index (χ2v) is 8.41. The Hall–Kier alpha value is -0.820. The van der Waals surface area contributed by atoms with E-state index in [2.05, 4.69) is 66.6 Å². The van der Waals surface area contributed by atoms with Gasteiger partial charge in [-0.25, -0.2) is 0 Å². The summed E-state index contributed by atoms with van der Waals surface area (Å²) < 4.78 is 0. The summed E-state index contributed by atoms with van der Waals surface area (Å²) in [5.74, 6) is 1.01. The van der Waals surface area contributed by atoms with Crippen LogP contribution < -0.4 is 10.6 Å². The van der Waals surface area contributed by atoms with Gasteiger partial charge in [-0.05, 0) is 63.9 Å². The zero-order chi connectivity index (χ0) is 18.4. The van der Waals surface area contributed by atoms with E-state index in [0.29, 0.717) is 17.5 Å². The largest absolute Gasteiger partial charge is 0.357 e. The molecule has 0 aromatic heterocycles. The van der Waals surface area contributed by atoms with Gasteiger partial charge in [-0.2, -0.15) is 0 Å². The standard InChI is InChI=1S/C22H36N4.HI/c1-4-23-21(25-20-10-14-26(15-11-20)18(2)3)24-17-22(12-13-22)16-19-8-6-5-7-9-19;/h5-9,18,20H,4,10-17H2,1-3H3,(H2,23,24,25);1H. The Morgan fingerprint density at radius 1 is 1.19 bits per heavy atom. The molecule has 1 aromatic rings. The van der Waals surface area contributed by atoms with E-state index in [1.165, 1.54) is 44.3 Å². The van der Waals surface area contributed by atoms with Gasteiger partial charge in [-0.15, -0.1) is 24.0 Å². The summed E-state index contributed by atoms with van der Waals surface area (Å²) in [7, 11) is 0. The lowest BCUT2D eigenvalue weighted by Crippen LogP contribution is -2.50. The number of likely N-dealkylation sites (tertiary alicyclic amines) is 1. The van der Waals surface area contributed by atoms with E-state index in [1.54, 1.807) is 0 Å². The minimum atomic E-state index is 0. The molecule has 1 saturated heterocycles. The van der Waals surface area contributed by atoms with Crippen molar-refractivity contribution in [3.8, 4) is 0 Å². The van der Waals surface area contributed by atoms with E-state index in [0.717, 1.165) is 25.5 Å². The third-order valence-electron chi connectivity index (χ3n) is 5.90. The van der Waals surface area contributed by atoms with Crippen molar-refractivity contribution in [3.05, 3.63) is 35.9 Å². The fourth-order valence-electron chi connectivity index (χ4n) is 3.92. The van der Waals surface area contributed by atoms with E-state index in [9.17, 15) is 0 Å². The highest BCUT2D eigenvalue weighted by atomic mass is 127. The molecule has 0 unspecified atom stereocenters. The third-order valence-corrected chi connectivity index (χ3v) is 5.90. The highest BCUT2D eigenvalue weighted by Gasteiger charge is 2.42. The Bertz CT molecular complexity index is 575. The Kier molecular flexibility index (Phi) is 8.86. The predicted molar refractivity (Wildman–Crippen MR) is 126 cm³/mol. The molecule has 1 aliphatic carbocycles. The Morgan fingerprint density at radius 2 is 1.85 bits per heavy atom. The molecule has 0 radical (unpaired) electrons. The first-order valence-corrected chi connectivity index (χ1v) is 10.4. The lowest BCUT2D eigenvalue weighted by molar-refractivity contribution is 0.167. The summed E-state index contributed by atoms with van der Waals surface area (Å²) in [6, 6.07) is 12.1. The zero-order valence-corrected chi connectivity index (χ0v) is 19.5. The monoisotopic (exact) mass is 484 g/mol. The van der Waals surface area contributed by atoms with Crippen molar-refractivity contribution in [2.24, 2.45) is 10.4 Å². The minimum absolute atomic E-state index is 0. The predicted octanol–water partition coefficient (Wildman–Crippen LogP) is 4.06. The molecule has 0 atom stereocenters. The molecule has 4 nitrogen and oxygen atoms in total. The van der Waals surface area contributed by atoms with Crippen molar-refractivity contribution in [1.82, 2.24) is 15.5 Å². The van der Waals surface area contributed by atoms with Crippen molar-refractivity contribution in [1.29, 1.82) is 0 Å². The zero-order valence-electron chi connectivity index (χ0n) is 17.2. The number of hydrogen-bond donors (Lipinski definition) is 2. The van der Waals surface area contributed by atoms with Crippen molar-refractivity contribution in [2.75, 3.05) is 26.2 Å². The van der Waals surface area contributed by atoms with Gasteiger partial charge in [0.1, 0.15) is 0 Å². The molecule has 2 aliphatic rings. The number of nitrogens with one attached hydrogen (secondary N) is 2. The molecular weight excluding hydrogens is 447 g/mol. The molecule has 0 amide bonds. The van der Waals surface area contributed by atoms with Gasteiger partial charge >= 0.3 is 0 Å². The number of hydrogen-bond acceptors (Lipinski definition) is 2. The average Bonchev–Trinajstić information content (AvgIpc) is 3.41. The molecule has 2 fully saturated rings. The minimum Gasteiger partial charge on any atom is -0.357 e. The molecular formula is C22H37IN4. The number of nitrogens with zero attached hydrogens (tertiary/aromatic N) is 2. The molecule has 3 rings (SSSR count). The van der Waals surface area contributed by atoms with Crippen molar-refractivity contribution >= 4 is 29.9 Å². The Labute approximate surface area is 182 Å². The van der Waals surface area contributed by atoms with E-state index in [-0.39, 0.29) is 24.0 Å². The van der Waals surface area contributed by atoms with Crippen molar-refractivity contribution < 1.29 is 0 Å². The van der Waals surface area contributed by atoms with Gasteiger partial charge in [0.05, 0.1) is 0 Å². The van der Waals surface area contributed by atoms with Crippen LogP contribution in [-0.2, 0) is 6.42 Å². The summed E-state index contributed by atoms with van der Waals surface area (Å²) in [5, 5.41) is 7.15. The first-order valence-electron chi connectivity index (χ1n) is 10.4. The quantitative estimate of drug-likeness (QED) is 0.349. The number of piperidine rings is 1. The number of aliphatic imine (C=N–C) groups is 1. The summed E-state index contributed by atoms with van der Waals surface area (Å²) in [6.07, 6.45) is 6.17. The van der Waals surface area contributed by atoms with Crippen LogP contribution in [0.2, 0.25) is 0 Å². The van der Waals surface area contributed by atoms with E-state index < -0.39 is 0 Å². The molecule has 1 heterocycles. The van der Waals surface area contributed by atoms with Crippen LogP contribution in [0, 0.1) is 5.41 Å². The topological polar surface area (TPSA) is 39.7 Å². The van der Waals surface area contributed by atoms with Crippen LogP contribution in [0.25, 0.3) is 0 Å². The molecule has 1 saturated carbocycles. The number of guanidine groups is 1. The maximum absolute atomic E-state index is 4.97. The number of rotatable bonds is 7. The van der Waals surface area contributed by atoms with Gasteiger partial charge in [0, 0.05) is 38.3 Å². The third kappa shape index (κ3) is 6.93. The lowest BCUT2D eigenvalue weighted by atomic mass is 9.97. The lowest BCUT2D eigenvalue weighted by Gasteiger charge is -2.35. The van der Waals surface area contributed by atoms with Gasteiger partial charge in [-0.1, -0.05) is 30.3 Å². The van der Waals surface area contributed by atoms with Crippen LogP contribution >= 0.6 is 24.0 Å². The fourth-order valence-corrected chi connectivity index (χ4v) is 3.92. The first-order chi connectivity index (χ1) is 12.6. The van der Waals surface area contributed by atoms with Gasteiger partial charge in [-0.3, -0.25) is 4.99 Å². The van der Waals surface area contributed by atoms with Gasteiger partial charge in [0.25, 0.3) is 0 Å². The summed E-state index contributed by atoms with van der Waals surface area (Å²) in [4.78, 5) is 7.54. The second kappa shape index (κ2) is 10.6. The van der Waals surface area contributed by atoms with E-state index in [4.69, 9.17) is 4.99 Å². The number of benzene rings is 1. The first kappa shape index (κ1) is 22.5. The highest BCUT2D eigenvalue weighted by molar-refractivity contribution is 14.0. The smallest absolute Gasteiger partial charge is 0.191 e. The maximum Gasteiger partial charge on any atom is 0.191 e. The van der Waals surface area contributed by atoms with Gasteiger partial charge in [0.2, 0.25) is 0 Å². The molecule has 5 heteroatoms. The van der Waals surface area contributed by atoms with Crippen LogP contribution in [0.1, 0.15) is 52.0 Å². The summed E-state index contributed by atoms with van der Waals surface area (Å²) >= 11 is 0. The van der Waals surface area contributed by atoms with Crippen LogP contribution in [0.4, 0.5) is 0 Å². The average molecular weight is 484 g/mol. The summed E-state index contributed by atoms with van der Waals surface area (Å²) in [5.41, 5.74) is 1.84. The SMILES string of the molecule is CCNC(=NCC1(Cc2ccccc2)CC1)NC1CCN(C(C)C)CC1.I. The molecule has 152 valence electrons. The fraction of sp³-hybridized carbons (Fsp3) is 0.682. The van der Waals surface area contributed by atoms with Crippen molar-refractivity contribution in [2.45, 2.75) is 65.0 Å². The molecule has 1 aliphatic heterocycles. The molecule has 0 bridgehead atoms. The van der Waals surface area contributed by atoms with E-state index in [1.807, 2.05) is 0 Å². The van der Waals surface area contributed by atoms with Crippen LogP contribution in [0.3, 0.4) is 0 Å². The van der Waals surface area contributed by atoms with Gasteiger partial charge < -0.3 is 15.5 Å². The Balaban J connectivity index is 0.00000261. The van der Waals surface area contributed by atoms with Gasteiger partial charge in [0.15, 0.2) is 5.96 Å². The maximum atomic E-state index is 4.97. The second-order valence-electron chi connectivity index (χ2n) is 8.41.